The maximum Gasteiger partial charge on any atom is 0.301 e. The lowest BCUT2D eigenvalue weighted by molar-refractivity contribution is -0.132. The number of carbonyl (C=O) groups excluding carboxylic acids is 2. The van der Waals surface area contributed by atoms with Gasteiger partial charge in [0, 0.05) is 16.3 Å². The summed E-state index contributed by atoms with van der Waals surface area (Å²) in [5.41, 5.74) is 2.13. The molecule has 1 aromatic heterocycles. The number of aliphatic hydroxyl groups excluding tert-OH is 1. The van der Waals surface area contributed by atoms with Crippen LogP contribution in [0.15, 0.2) is 88.8 Å². The van der Waals surface area contributed by atoms with Crippen LogP contribution >= 0.6 is 34.7 Å². The van der Waals surface area contributed by atoms with Crippen molar-refractivity contribution in [3.63, 3.8) is 0 Å². The summed E-state index contributed by atoms with van der Waals surface area (Å²) in [6, 6.07) is 22.4. The molecule has 1 amide bonds. The molecule has 5 rings (SSSR count). The summed E-state index contributed by atoms with van der Waals surface area (Å²) in [5, 5.41) is 20.6. The highest BCUT2D eigenvalue weighted by Crippen LogP contribution is 2.44. The van der Waals surface area contributed by atoms with Gasteiger partial charge >= 0.3 is 5.91 Å². The first kappa shape index (κ1) is 25.0. The predicted molar refractivity (Wildman–Crippen MR) is 145 cm³/mol. The number of anilines is 1. The summed E-state index contributed by atoms with van der Waals surface area (Å²) in [5.74, 6) is -0.570. The van der Waals surface area contributed by atoms with Crippen molar-refractivity contribution in [2.45, 2.75) is 16.1 Å². The van der Waals surface area contributed by atoms with E-state index in [1.54, 1.807) is 31.4 Å². The van der Waals surface area contributed by atoms with Gasteiger partial charge in [-0.15, -0.1) is 10.2 Å². The third-order valence-electron chi connectivity index (χ3n) is 5.80. The average Bonchev–Trinajstić information content (AvgIpc) is 3.50. The van der Waals surface area contributed by atoms with Crippen molar-refractivity contribution in [3.8, 4) is 5.75 Å². The zero-order valence-corrected chi connectivity index (χ0v) is 21.9. The Labute approximate surface area is 226 Å². The molecule has 1 unspecified atom stereocenters. The number of hydrogen-bond donors (Lipinski definition) is 1. The predicted octanol–water partition coefficient (Wildman–Crippen LogP) is 6.12. The highest BCUT2D eigenvalue weighted by atomic mass is 35.5. The monoisotopic (exact) mass is 549 g/mol. The van der Waals surface area contributed by atoms with Gasteiger partial charge in [-0.25, -0.2) is 0 Å². The molecule has 1 aliphatic rings. The van der Waals surface area contributed by atoms with Crippen molar-refractivity contribution >= 4 is 57.3 Å². The van der Waals surface area contributed by atoms with Crippen LogP contribution in [0.2, 0.25) is 5.02 Å². The van der Waals surface area contributed by atoms with Crippen LogP contribution in [0, 0.1) is 0 Å². The first-order valence-corrected chi connectivity index (χ1v) is 13.4. The maximum atomic E-state index is 13.3. The highest BCUT2D eigenvalue weighted by Gasteiger charge is 2.48. The number of ketones is 1. The molecule has 1 N–H and O–H groups in total. The van der Waals surface area contributed by atoms with Crippen LogP contribution < -0.4 is 9.64 Å². The molecule has 0 aliphatic carbocycles. The minimum atomic E-state index is -0.856. The number of thioether (sulfide) groups is 1. The lowest BCUT2D eigenvalue weighted by Crippen LogP contribution is -2.29. The summed E-state index contributed by atoms with van der Waals surface area (Å²) >= 11 is 8.65. The van der Waals surface area contributed by atoms with Gasteiger partial charge in [-0.1, -0.05) is 77.2 Å². The van der Waals surface area contributed by atoms with E-state index in [9.17, 15) is 14.7 Å². The lowest BCUT2D eigenvalue weighted by atomic mass is 9.95. The van der Waals surface area contributed by atoms with Gasteiger partial charge in [-0.3, -0.25) is 14.5 Å². The molecule has 1 saturated heterocycles. The molecule has 0 bridgehead atoms. The van der Waals surface area contributed by atoms with E-state index < -0.39 is 17.7 Å². The molecule has 0 saturated carbocycles. The first-order chi connectivity index (χ1) is 18.0. The van der Waals surface area contributed by atoms with E-state index in [0.717, 1.165) is 5.56 Å². The summed E-state index contributed by atoms with van der Waals surface area (Å²) < 4.78 is 5.83. The topological polar surface area (TPSA) is 92.6 Å². The normalized spacial score (nSPS) is 16.8. The van der Waals surface area contributed by atoms with Crippen LogP contribution in [0.4, 0.5) is 5.13 Å². The number of carbonyl (C=O) groups is 2. The van der Waals surface area contributed by atoms with Crippen LogP contribution in [0.1, 0.15) is 22.7 Å². The molecule has 7 nitrogen and oxygen atoms in total. The number of hydrogen-bond acceptors (Lipinski definition) is 8. The fraction of sp³-hybridized carbons (Fsp3) is 0.111. The van der Waals surface area contributed by atoms with Gasteiger partial charge in [0.1, 0.15) is 11.5 Å². The molecule has 10 heteroatoms. The molecule has 186 valence electrons. The molecule has 1 atom stereocenters. The Morgan fingerprint density at radius 3 is 2.41 bits per heavy atom. The number of halogens is 1. The van der Waals surface area contributed by atoms with Gasteiger partial charge in [0.2, 0.25) is 5.13 Å². The summed E-state index contributed by atoms with van der Waals surface area (Å²) in [6.45, 7) is 0. The number of nitrogens with zero attached hydrogens (tertiary/aromatic N) is 3. The first-order valence-electron chi connectivity index (χ1n) is 11.2. The zero-order chi connectivity index (χ0) is 25.9. The van der Waals surface area contributed by atoms with Gasteiger partial charge in [0.25, 0.3) is 5.78 Å². The third kappa shape index (κ3) is 5.11. The number of rotatable bonds is 7. The number of aromatic nitrogens is 2. The van der Waals surface area contributed by atoms with Crippen LogP contribution in [0.3, 0.4) is 0 Å². The summed E-state index contributed by atoms with van der Waals surface area (Å²) in [6.07, 6.45) is 0. The second-order valence-electron chi connectivity index (χ2n) is 8.07. The minimum Gasteiger partial charge on any atom is -0.507 e. The van der Waals surface area contributed by atoms with Gasteiger partial charge in [-0.05, 0) is 47.5 Å². The SMILES string of the molecule is COc1ccc(/C(O)=C2/C(=O)C(=O)N(c3nnc(SCc4ccc(Cl)cc4)s3)C2c2ccccc2)cc1. The molecule has 0 radical (unpaired) electrons. The Morgan fingerprint density at radius 2 is 1.73 bits per heavy atom. The Hall–Kier alpha value is -3.66. The standard InChI is InChI=1S/C27H20ClN3O4S2/c1-35-20-13-9-18(10-14-20)23(32)21-22(17-5-3-2-4-6-17)31(25(34)24(21)33)26-29-30-27(37-26)36-15-16-7-11-19(28)12-8-16/h2-14,22,32H,15H2,1H3/b23-21-. The van der Waals surface area contributed by atoms with Crippen LogP contribution in [0.5, 0.6) is 5.75 Å². The van der Waals surface area contributed by atoms with Crippen LogP contribution in [-0.4, -0.2) is 34.1 Å². The number of amides is 1. The smallest absolute Gasteiger partial charge is 0.301 e. The fourth-order valence-corrected chi connectivity index (χ4v) is 5.92. The molecule has 4 aromatic rings. The van der Waals surface area contributed by atoms with E-state index in [4.69, 9.17) is 16.3 Å². The molecule has 1 fully saturated rings. The van der Waals surface area contributed by atoms with E-state index in [1.165, 1.54) is 28.0 Å². The molecule has 0 spiro atoms. The number of aliphatic hydroxyl groups is 1. The Bertz CT molecular complexity index is 1470. The largest absolute Gasteiger partial charge is 0.507 e. The second kappa shape index (κ2) is 10.8. The number of Topliss-reactive ketones (excluding diaryl/α,β-unsaturated/α-hetero) is 1. The number of methoxy groups -OCH3 is 1. The average molecular weight is 550 g/mol. The molecule has 2 heterocycles. The quantitative estimate of drug-likeness (QED) is 0.0976. The van der Waals surface area contributed by atoms with Crippen molar-refractivity contribution in [2.24, 2.45) is 0 Å². The highest BCUT2D eigenvalue weighted by molar-refractivity contribution is 8.00. The molecule has 1 aliphatic heterocycles. The van der Waals surface area contributed by atoms with Crippen LogP contribution in [-0.2, 0) is 15.3 Å². The van der Waals surface area contributed by atoms with Crippen molar-refractivity contribution in [1.29, 1.82) is 0 Å². The van der Waals surface area contributed by atoms with E-state index >= 15 is 0 Å². The Morgan fingerprint density at radius 1 is 1.03 bits per heavy atom. The fourth-order valence-electron chi connectivity index (χ4n) is 3.97. The van der Waals surface area contributed by atoms with Crippen molar-refractivity contribution in [3.05, 3.63) is 106 Å². The van der Waals surface area contributed by atoms with E-state index in [2.05, 4.69) is 10.2 Å². The van der Waals surface area contributed by atoms with Crippen molar-refractivity contribution < 1.29 is 19.4 Å². The summed E-state index contributed by atoms with van der Waals surface area (Å²) in [4.78, 5) is 27.9. The van der Waals surface area contributed by atoms with Crippen LogP contribution in [0.25, 0.3) is 5.76 Å². The number of ether oxygens (including phenoxy) is 1. The van der Waals surface area contributed by atoms with E-state index in [-0.39, 0.29) is 16.5 Å². The van der Waals surface area contributed by atoms with Crippen molar-refractivity contribution in [2.75, 3.05) is 12.0 Å². The zero-order valence-electron chi connectivity index (χ0n) is 19.5. The van der Waals surface area contributed by atoms with E-state index in [0.29, 0.717) is 32.0 Å². The summed E-state index contributed by atoms with van der Waals surface area (Å²) in [7, 11) is 1.54. The van der Waals surface area contributed by atoms with Gasteiger partial charge in [0.15, 0.2) is 4.34 Å². The lowest BCUT2D eigenvalue weighted by Gasteiger charge is -2.22. The second-order valence-corrected chi connectivity index (χ2v) is 10.7. The van der Waals surface area contributed by atoms with Crippen molar-refractivity contribution in [1.82, 2.24) is 10.2 Å². The van der Waals surface area contributed by atoms with E-state index in [1.807, 2.05) is 54.6 Å². The van der Waals surface area contributed by atoms with Gasteiger partial charge < -0.3 is 9.84 Å². The maximum absolute atomic E-state index is 13.3. The molecule has 3 aromatic carbocycles. The molecule has 37 heavy (non-hydrogen) atoms. The Balaban J connectivity index is 1.51. The third-order valence-corrected chi connectivity index (χ3v) is 8.18. The van der Waals surface area contributed by atoms with Gasteiger partial charge in [0.05, 0.1) is 18.7 Å². The minimum absolute atomic E-state index is 0.00747. The molecular weight excluding hydrogens is 530 g/mol. The van der Waals surface area contributed by atoms with Gasteiger partial charge in [-0.2, -0.15) is 0 Å². The number of benzene rings is 3. The Kier molecular flexibility index (Phi) is 7.27. The molecular formula is C27H20ClN3O4S2.